The second kappa shape index (κ2) is 16.8. The van der Waals surface area contributed by atoms with Crippen molar-refractivity contribution in [1.29, 1.82) is 0 Å². The van der Waals surface area contributed by atoms with Crippen LogP contribution in [0.5, 0.6) is 0 Å². The Morgan fingerprint density at radius 3 is 1.76 bits per heavy atom. The fraction of sp³-hybridized carbons (Fsp3) is 0.636. The summed E-state index contributed by atoms with van der Waals surface area (Å²) in [6.07, 6.45) is 11.3. The number of aliphatic hydroxyl groups excluding tert-OH is 1. The molecule has 41 heavy (non-hydrogen) atoms. The van der Waals surface area contributed by atoms with Gasteiger partial charge in [-0.2, -0.15) is 0 Å². The average Bonchev–Trinajstić information content (AvgIpc) is 3.25. The summed E-state index contributed by atoms with van der Waals surface area (Å²) in [6.45, 7) is 9.81. The van der Waals surface area contributed by atoms with Crippen molar-refractivity contribution in [2.45, 2.75) is 97.3 Å². The standard InChI is InChI=1S/C33H52B2O6/c1-5-9-11-25(7-3)23-33(24-26(8-4)12-10-6-2)31-21-27(34(37)38)13-15-29(31)30-16-14-28(22-32(30)33)35(39)41-20-19-40-18-17-36/h13-16,21-22,25-26,36-39H,5-12,17-20,23-24H2,1-4H3. The molecule has 0 heterocycles. The zero-order valence-electron chi connectivity index (χ0n) is 25.8. The van der Waals surface area contributed by atoms with Gasteiger partial charge in [-0.3, -0.25) is 0 Å². The minimum Gasteiger partial charge on any atom is -0.423 e. The fourth-order valence-electron chi connectivity index (χ4n) is 6.72. The molecule has 0 amide bonds. The number of aliphatic hydroxyl groups is 1. The van der Waals surface area contributed by atoms with Crippen molar-refractivity contribution in [2.75, 3.05) is 26.4 Å². The number of ether oxygens (including phenoxy) is 1. The van der Waals surface area contributed by atoms with Gasteiger partial charge in [0, 0.05) is 5.41 Å². The average molecular weight is 566 g/mol. The maximum Gasteiger partial charge on any atom is 0.491 e. The number of benzene rings is 2. The summed E-state index contributed by atoms with van der Waals surface area (Å²) in [5.41, 5.74) is 5.67. The quantitative estimate of drug-likeness (QED) is 0.139. The lowest BCUT2D eigenvalue weighted by atomic mass is 9.63. The highest BCUT2D eigenvalue weighted by atomic mass is 16.5. The van der Waals surface area contributed by atoms with Crippen molar-refractivity contribution in [3.63, 3.8) is 0 Å². The van der Waals surface area contributed by atoms with E-state index in [1.165, 1.54) is 49.7 Å². The van der Waals surface area contributed by atoms with Gasteiger partial charge in [0.25, 0.3) is 0 Å². The summed E-state index contributed by atoms with van der Waals surface area (Å²) in [6, 6.07) is 12.1. The van der Waals surface area contributed by atoms with Crippen LogP contribution in [-0.2, 0) is 14.8 Å². The first kappa shape index (κ1) is 33.8. The second-order valence-electron chi connectivity index (χ2n) is 11.9. The van der Waals surface area contributed by atoms with Gasteiger partial charge in [-0.25, -0.2) is 0 Å². The molecule has 0 bridgehead atoms. The van der Waals surface area contributed by atoms with Crippen LogP contribution in [0.2, 0.25) is 0 Å². The normalized spacial score (nSPS) is 17.3. The van der Waals surface area contributed by atoms with Gasteiger partial charge in [-0.1, -0.05) is 115 Å². The lowest BCUT2D eigenvalue weighted by Crippen LogP contribution is -2.38. The Kier molecular flexibility index (Phi) is 13.9. The Labute approximate surface area is 248 Å². The Balaban J connectivity index is 2.13. The molecule has 0 aliphatic heterocycles. The van der Waals surface area contributed by atoms with E-state index in [1.54, 1.807) is 0 Å². The number of hydrogen-bond donors (Lipinski definition) is 4. The zero-order chi connectivity index (χ0) is 29.8. The van der Waals surface area contributed by atoms with Crippen molar-refractivity contribution in [1.82, 2.24) is 0 Å². The lowest BCUT2D eigenvalue weighted by molar-refractivity contribution is 0.0667. The summed E-state index contributed by atoms with van der Waals surface area (Å²) >= 11 is 0. The monoisotopic (exact) mass is 566 g/mol. The minimum absolute atomic E-state index is 0.0426. The summed E-state index contributed by atoms with van der Waals surface area (Å²) in [4.78, 5) is 0. The molecular weight excluding hydrogens is 514 g/mol. The maximum atomic E-state index is 11.0. The van der Waals surface area contributed by atoms with Crippen LogP contribution in [-0.4, -0.2) is 60.8 Å². The SMILES string of the molecule is CCCCC(CC)CC1(CC(CC)CCCC)c2cc(B(O)O)ccc2-c2ccc(B(O)OCCOCCO)cc21. The van der Waals surface area contributed by atoms with E-state index in [-0.39, 0.29) is 25.2 Å². The molecule has 2 atom stereocenters. The number of hydrogen-bond acceptors (Lipinski definition) is 6. The largest absolute Gasteiger partial charge is 0.491 e. The highest BCUT2D eigenvalue weighted by molar-refractivity contribution is 6.60. The van der Waals surface area contributed by atoms with Crippen molar-refractivity contribution < 1.29 is 29.6 Å². The predicted octanol–water partition coefficient (Wildman–Crippen LogP) is 4.56. The van der Waals surface area contributed by atoms with Gasteiger partial charge < -0.3 is 29.6 Å². The van der Waals surface area contributed by atoms with Crippen LogP contribution in [0.3, 0.4) is 0 Å². The molecule has 3 rings (SSSR count). The molecule has 0 saturated carbocycles. The first-order valence-corrected chi connectivity index (χ1v) is 16.0. The zero-order valence-corrected chi connectivity index (χ0v) is 25.8. The first-order chi connectivity index (χ1) is 19.8. The molecule has 8 heteroatoms. The molecule has 0 fully saturated rings. The Morgan fingerprint density at radius 1 is 0.732 bits per heavy atom. The third-order valence-electron chi connectivity index (χ3n) is 9.09. The molecule has 0 aromatic heterocycles. The third-order valence-corrected chi connectivity index (χ3v) is 9.09. The Morgan fingerprint density at radius 2 is 1.27 bits per heavy atom. The number of fused-ring (bicyclic) bond motifs is 3. The van der Waals surface area contributed by atoms with E-state index in [4.69, 9.17) is 14.5 Å². The minimum atomic E-state index is -1.52. The molecular formula is C33H52B2O6. The third kappa shape index (κ3) is 8.46. The topological polar surface area (TPSA) is 99.4 Å². The van der Waals surface area contributed by atoms with Crippen LogP contribution in [0.4, 0.5) is 0 Å². The van der Waals surface area contributed by atoms with Crippen LogP contribution in [0.1, 0.15) is 103 Å². The first-order valence-electron chi connectivity index (χ1n) is 16.0. The van der Waals surface area contributed by atoms with E-state index >= 15 is 0 Å². The fourth-order valence-corrected chi connectivity index (χ4v) is 6.72. The molecule has 0 saturated heterocycles. The van der Waals surface area contributed by atoms with Crippen molar-refractivity contribution >= 4 is 25.2 Å². The Hall–Kier alpha value is -1.67. The van der Waals surface area contributed by atoms with Crippen molar-refractivity contribution in [3.8, 4) is 11.1 Å². The van der Waals surface area contributed by atoms with E-state index in [1.807, 2.05) is 18.2 Å². The predicted molar refractivity (Wildman–Crippen MR) is 170 cm³/mol. The molecule has 226 valence electrons. The van der Waals surface area contributed by atoms with Crippen LogP contribution in [0, 0.1) is 11.8 Å². The Bertz CT molecular complexity index is 1040. The van der Waals surface area contributed by atoms with Gasteiger partial charge >= 0.3 is 14.2 Å². The lowest BCUT2D eigenvalue weighted by Gasteiger charge is -2.39. The molecule has 2 unspecified atom stereocenters. The molecule has 0 radical (unpaired) electrons. The van der Waals surface area contributed by atoms with Gasteiger partial charge in [-0.05, 0) is 57.9 Å². The van der Waals surface area contributed by atoms with Gasteiger partial charge in [0.15, 0.2) is 0 Å². The number of rotatable bonds is 20. The molecule has 4 N–H and O–H groups in total. The number of unbranched alkanes of at least 4 members (excludes halogenated alkanes) is 2. The van der Waals surface area contributed by atoms with Crippen molar-refractivity contribution in [3.05, 3.63) is 47.5 Å². The van der Waals surface area contributed by atoms with Gasteiger partial charge in [-0.15, -0.1) is 0 Å². The van der Waals surface area contributed by atoms with Gasteiger partial charge in [0.2, 0.25) is 0 Å². The second-order valence-corrected chi connectivity index (χ2v) is 11.9. The van der Waals surface area contributed by atoms with Gasteiger partial charge in [0.05, 0.1) is 26.4 Å². The van der Waals surface area contributed by atoms with Crippen LogP contribution in [0.15, 0.2) is 36.4 Å². The molecule has 2 aromatic carbocycles. The molecule has 2 aromatic rings. The highest BCUT2D eigenvalue weighted by Gasteiger charge is 2.46. The van der Waals surface area contributed by atoms with Crippen LogP contribution >= 0.6 is 0 Å². The summed E-state index contributed by atoms with van der Waals surface area (Å²) < 4.78 is 11.0. The molecule has 1 aliphatic carbocycles. The van der Waals surface area contributed by atoms with Crippen molar-refractivity contribution in [2.24, 2.45) is 11.8 Å². The van der Waals surface area contributed by atoms with E-state index in [0.29, 0.717) is 29.4 Å². The van der Waals surface area contributed by atoms with Gasteiger partial charge in [0.1, 0.15) is 0 Å². The summed E-state index contributed by atoms with van der Waals surface area (Å²) in [7, 11) is -2.61. The van der Waals surface area contributed by atoms with Crippen LogP contribution in [0.25, 0.3) is 11.1 Å². The molecule has 6 nitrogen and oxygen atoms in total. The summed E-state index contributed by atoms with van der Waals surface area (Å²) in [5.74, 6) is 1.07. The van der Waals surface area contributed by atoms with E-state index in [2.05, 4.69) is 45.9 Å². The van der Waals surface area contributed by atoms with E-state index in [0.717, 1.165) is 36.8 Å². The van der Waals surface area contributed by atoms with E-state index in [9.17, 15) is 15.1 Å². The van der Waals surface area contributed by atoms with Crippen LogP contribution < -0.4 is 10.9 Å². The summed E-state index contributed by atoms with van der Waals surface area (Å²) in [5, 5.41) is 40.3. The smallest absolute Gasteiger partial charge is 0.423 e. The molecule has 0 spiro atoms. The molecule has 1 aliphatic rings. The van der Waals surface area contributed by atoms with E-state index < -0.39 is 14.2 Å². The maximum absolute atomic E-state index is 11.0. The highest BCUT2D eigenvalue weighted by Crippen LogP contribution is 2.55.